The van der Waals surface area contributed by atoms with Crippen molar-refractivity contribution in [2.45, 2.75) is 25.7 Å². The van der Waals surface area contributed by atoms with Crippen LogP contribution in [0.1, 0.15) is 18.4 Å². The van der Waals surface area contributed by atoms with Gasteiger partial charge in [-0.2, -0.15) is 0 Å². The fourth-order valence-corrected chi connectivity index (χ4v) is 2.38. The third-order valence-corrected chi connectivity index (χ3v) is 3.29. The van der Waals surface area contributed by atoms with Crippen molar-refractivity contribution < 1.29 is 18.3 Å². The lowest BCUT2D eigenvalue weighted by Gasteiger charge is -2.30. The lowest BCUT2D eigenvalue weighted by atomic mass is 9.99. The lowest BCUT2D eigenvalue weighted by Crippen LogP contribution is -2.36. The van der Waals surface area contributed by atoms with Crippen molar-refractivity contribution in [1.29, 1.82) is 0 Å². The molecule has 0 unspecified atom stereocenters. The van der Waals surface area contributed by atoms with Crippen molar-refractivity contribution in [3.05, 3.63) is 23.8 Å². The summed E-state index contributed by atoms with van der Waals surface area (Å²) in [6, 6.07) is 5.49. The van der Waals surface area contributed by atoms with Gasteiger partial charge in [-0.05, 0) is 30.5 Å². The van der Waals surface area contributed by atoms with E-state index in [1.807, 2.05) is 18.2 Å². The van der Waals surface area contributed by atoms with Crippen molar-refractivity contribution in [1.82, 2.24) is 0 Å². The number of hydrogen-bond acceptors (Lipinski definition) is 3. The molecule has 1 heterocycles. The summed E-state index contributed by atoms with van der Waals surface area (Å²) in [6.45, 7) is 0.0122. The molecule has 0 fully saturated rings. The summed E-state index contributed by atoms with van der Waals surface area (Å²) >= 11 is 0. The zero-order valence-corrected chi connectivity index (χ0v) is 11.1. The molecule has 1 aromatic rings. The summed E-state index contributed by atoms with van der Waals surface area (Å²) in [5.41, 5.74) is 8.42. The van der Waals surface area contributed by atoms with Crippen LogP contribution in [0.4, 0.5) is 20.2 Å². The predicted octanol–water partition coefficient (Wildman–Crippen LogP) is 2.22. The summed E-state index contributed by atoms with van der Waals surface area (Å²) < 4.78 is 28.6. The first-order valence-corrected chi connectivity index (χ1v) is 6.63. The number of nitrogens with two attached hydrogens (primary N) is 1. The second-order valence-corrected chi connectivity index (χ2v) is 4.71. The van der Waals surface area contributed by atoms with Crippen LogP contribution >= 0.6 is 0 Å². The highest BCUT2D eigenvalue weighted by atomic mass is 19.3. The Kier molecular flexibility index (Phi) is 4.89. The molecule has 2 rings (SSSR count). The van der Waals surface area contributed by atoms with Crippen LogP contribution in [0.5, 0.6) is 0 Å². The Balaban J connectivity index is 1.97. The van der Waals surface area contributed by atoms with Crippen molar-refractivity contribution in [2.75, 3.05) is 30.4 Å². The van der Waals surface area contributed by atoms with E-state index in [1.54, 1.807) is 4.90 Å². The molecular formula is C14H18F2N2O2. The Hall–Kier alpha value is -1.69. The number of carbonyl (C=O) groups is 1. The van der Waals surface area contributed by atoms with Gasteiger partial charge in [-0.1, -0.05) is 6.07 Å². The molecule has 1 aliphatic rings. The van der Waals surface area contributed by atoms with E-state index in [-0.39, 0.29) is 18.9 Å². The fourth-order valence-electron chi connectivity index (χ4n) is 2.38. The first-order valence-electron chi connectivity index (χ1n) is 6.63. The average Bonchev–Trinajstić information content (AvgIpc) is 2.43. The molecule has 1 aliphatic heterocycles. The lowest BCUT2D eigenvalue weighted by molar-refractivity contribution is -0.120. The molecule has 0 atom stereocenters. The van der Waals surface area contributed by atoms with Crippen LogP contribution in [-0.4, -0.2) is 32.1 Å². The number of carbonyl (C=O) groups excluding carboxylic acids is 1. The molecule has 1 aromatic carbocycles. The smallest absolute Gasteiger partial charge is 0.261 e. The third-order valence-electron chi connectivity index (χ3n) is 3.29. The van der Waals surface area contributed by atoms with Crippen LogP contribution in [0.15, 0.2) is 18.2 Å². The molecule has 0 bridgehead atoms. The number of fused-ring (bicyclic) bond motifs is 1. The van der Waals surface area contributed by atoms with E-state index in [0.717, 1.165) is 24.1 Å². The summed E-state index contributed by atoms with van der Waals surface area (Å²) in [6.07, 6.45) is -0.694. The number of nitrogens with zero attached hydrogens (tertiary/aromatic N) is 1. The molecule has 0 spiro atoms. The van der Waals surface area contributed by atoms with Gasteiger partial charge >= 0.3 is 0 Å². The number of benzene rings is 1. The van der Waals surface area contributed by atoms with Crippen molar-refractivity contribution in [3.8, 4) is 0 Å². The molecule has 1 amide bonds. The fraction of sp³-hybridized carbons (Fsp3) is 0.500. The quantitative estimate of drug-likeness (QED) is 0.666. The number of halogens is 2. The van der Waals surface area contributed by atoms with Gasteiger partial charge < -0.3 is 15.4 Å². The number of alkyl halides is 2. The topological polar surface area (TPSA) is 55.6 Å². The standard InChI is InChI=1S/C14H18F2N2O2/c15-13(16)9-20-8-6-14(19)18-7-2-3-10-11(17)4-1-5-12(10)18/h1,4-5,13H,2-3,6-9,17H2. The van der Waals surface area contributed by atoms with Crippen molar-refractivity contribution >= 4 is 17.3 Å². The van der Waals surface area contributed by atoms with E-state index >= 15 is 0 Å². The molecule has 110 valence electrons. The summed E-state index contributed by atoms with van der Waals surface area (Å²) in [5, 5.41) is 0. The first kappa shape index (κ1) is 14.7. The van der Waals surface area contributed by atoms with Gasteiger partial charge in [0.2, 0.25) is 5.91 Å². The minimum Gasteiger partial charge on any atom is -0.398 e. The Morgan fingerprint density at radius 3 is 3.00 bits per heavy atom. The Morgan fingerprint density at radius 2 is 2.25 bits per heavy atom. The first-order chi connectivity index (χ1) is 9.59. The van der Waals surface area contributed by atoms with Crippen LogP contribution in [0.25, 0.3) is 0 Å². The molecule has 0 saturated carbocycles. The zero-order valence-electron chi connectivity index (χ0n) is 11.1. The van der Waals surface area contributed by atoms with Gasteiger partial charge in [-0.15, -0.1) is 0 Å². The Morgan fingerprint density at radius 1 is 1.45 bits per heavy atom. The zero-order chi connectivity index (χ0) is 14.5. The maximum absolute atomic E-state index is 12.1. The molecule has 20 heavy (non-hydrogen) atoms. The molecule has 0 aromatic heterocycles. The maximum atomic E-state index is 12.1. The molecule has 6 heteroatoms. The van der Waals surface area contributed by atoms with Crippen molar-refractivity contribution in [2.24, 2.45) is 0 Å². The van der Waals surface area contributed by atoms with Gasteiger partial charge in [-0.25, -0.2) is 8.78 Å². The van der Waals surface area contributed by atoms with E-state index in [9.17, 15) is 13.6 Å². The van der Waals surface area contributed by atoms with E-state index in [2.05, 4.69) is 0 Å². The van der Waals surface area contributed by atoms with Gasteiger partial charge in [0, 0.05) is 17.9 Å². The molecule has 4 nitrogen and oxygen atoms in total. The maximum Gasteiger partial charge on any atom is 0.261 e. The summed E-state index contributed by atoms with van der Waals surface area (Å²) in [5.74, 6) is -0.120. The number of nitrogen functional groups attached to an aromatic ring is 1. The number of amides is 1. The molecule has 0 radical (unpaired) electrons. The van der Waals surface area contributed by atoms with E-state index in [1.165, 1.54) is 0 Å². The number of anilines is 2. The molecule has 0 aliphatic carbocycles. The highest BCUT2D eigenvalue weighted by molar-refractivity contribution is 5.95. The van der Waals surface area contributed by atoms with Gasteiger partial charge in [-0.3, -0.25) is 4.79 Å². The monoisotopic (exact) mass is 284 g/mol. The number of rotatable bonds is 5. The highest BCUT2D eigenvalue weighted by Gasteiger charge is 2.23. The van der Waals surface area contributed by atoms with Crippen LogP contribution in [0, 0.1) is 0 Å². The molecule has 0 saturated heterocycles. The second-order valence-electron chi connectivity index (χ2n) is 4.71. The van der Waals surface area contributed by atoms with E-state index in [0.29, 0.717) is 12.2 Å². The van der Waals surface area contributed by atoms with Gasteiger partial charge in [0.15, 0.2) is 0 Å². The summed E-state index contributed by atoms with van der Waals surface area (Å²) in [4.78, 5) is 13.8. The van der Waals surface area contributed by atoms with Crippen LogP contribution in [0.2, 0.25) is 0 Å². The van der Waals surface area contributed by atoms with Crippen LogP contribution < -0.4 is 10.6 Å². The van der Waals surface area contributed by atoms with Crippen LogP contribution in [0.3, 0.4) is 0 Å². The predicted molar refractivity (Wildman–Crippen MR) is 73.0 cm³/mol. The normalized spacial score (nSPS) is 14.4. The Labute approximate surface area is 116 Å². The average molecular weight is 284 g/mol. The summed E-state index contributed by atoms with van der Waals surface area (Å²) in [7, 11) is 0. The minimum atomic E-state index is -2.50. The minimum absolute atomic E-state index is 0.0112. The van der Waals surface area contributed by atoms with Crippen LogP contribution in [-0.2, 0) is 16.0 Å². The molecular weight excluding hydrogens is 266 g/mol. The SMILES string of the molecule is Nc1cccc2c1CCCN2C(=O)CCOCC(F)F. The van der Waals surface area contributed by atoms with E-state index in [4.69, 9.17) is 10.5 Å². The number of ether oxygens (including phenoxy) is 1. The third kappa shape index (κ3) is 3.45. The number of hydrogen-bond donors (Lipinski definition) is 1. The van der Waals surface area contributed by atoms with Gasteiger partial charge in [0.25, 0.3) is 6.43 Å². The van der Waals surface area contributed by atoms with Crippen molar-refractivity contribution in [3.63, 3.8) is 0 Å². The second kappa shape index (κ2) is 6.65. The van der Waals surface area contributed by atoms with Gasteiger partial charge in [0.1, 0.15) is 6.61 Å². The Bertz CT molecular complexity index is 480. The largest absolute Gasteiger partial charge is 0.398 e. The molecule has 2 N–H and O–H groups in total. The van der Waals surface area contributed by atoms with Gasteiger partial charge in [0.05, 0.1) is 13.0 Å². The highest BCUT2D eigenvalue weighted by Crippen LogP contribution is 2.31. The van der Waals surface area contributed by atoms with E-state index < -0.39 is 13.0 Å².